The minimum Gasteiger partial charge on any atom is -0.395 e. The number of pyridine rings is 1. The van der Waals surface area contributed by atoms with Gasteiger partial charge in [-0.1, -0.05) is 0 Å². The summed E-state index contributed by atoms with van der Waals surface area (Å²) in [6.45, 7) is 4.73. The lowest BCUT2D eigenvalue weighted by Crippen LogP contribution is -2.22. The highest BCUT2D eigenvalue weighted by atomic mass is 32.1. The Hall–Kier alpha value is -1.79. The third-order valence-electron chi connectivity index (χ3n) is 3.33. The van der Waals surface area contributed by atoms with Gasteiger partial charge in [-0.15, -0.1) is 11.3 Å². The molecule has 0 unspecified atom stereocenters. The highest BCUT2D eigenvalue weighted by Crippen LogP contribution is 2.37. The Morgan fingerprint density at radius 3 is 2.85 bits per heavy atom. The van der Waals surface area contributed by atoms with E-state index in [1.807, 2.05) is 18.9 Å². The van der Waals surface area contributed by atoms with E-state index in [0.29, 0.717) is 6.54 Å². The third kappa shape index (κ3) is 2.01. The molecule has 1 N–H and O–H groups in total. The first kappa shape index (κ1) is 13.2. The van der Waals surface area contributed by atoms with Crippen LogP contribution in [0.25, 0.3) is 20.4 Å². The van der Waals surface area contributed by atoms with Crippen molar-refractivity contribution in [2.24, 2.45) is 0 Å². The number of hydrogen-bond acceptors (Lipinski definition) is 6. The lowest BCUT2D eigenvalue weighted by molar-refractivity contribution is 0.304. The van der Waals surface area contributed by atoms with Crippen LogP contribution in [0.1, 0.15) is 11.3 Å². The monoisotopic (exact) mass is 288 g/mol. The van der Waals surface area contributed by atoms with E-state index in [2.05, 4.69) is 27.9 Å². The van der Waals surface area contributed by atoms with Crippen LogP contribution in [0.5, 0.6) is 0 Å². The largest absolute Gasteiger partial charge is 0.395 e. The number of rotatable bonds is 3. The SMILES string of the molecule is Cc1cc(C)c2c(n1)sc1c(N(C)CCO)ncnc12. The van der Waals surface area contributed by atoms with E-state index >= 15 is 0 Å². The Morgan fingerprint density at radius 2 is 2.10 bits per heavy atom. The van der Waals surface area contributed by atoms with Crippen molar-refractivity contribution in [2.75, 3.05) is 25.1 Å². The van der Waals surface area contributed by atoms with Gasteiger partial charge in [0.1, 0.15) is 17.0 Å². The Kier molecular flexibility index (Phi) is 3.27. The lowest BCUT2D eigenvalue weighted by atomic mass is 10.1. The van der Waals surface area contributed by atoms with E-state index < -0.39 is 0 Å². The van der Waals surface area contributed by atoms with E-state index in [0.717, 1.165) is 31.9 Å². The molecule has 0 aliphatic rings. The second-order valence-corrected chi connectivity index (χ2v) is 5.88. The number of nitrogens with zero attached hydrogens (tertiary/aromatic N) is 4. The molecule has 0 aliphatic heterocycles. The molecular formula is C14H16N4OS. The number of fused-ring (bicyclic) bond motifs is 3. The molecule has 0 spiro atoms. The van der Waals surface area contributed by atoms with Gasteiger partial charge in [0.25, 0.3) is 0 Å². The molecule has 0 fully saturated rings. The van der Waals surface area contributed by atoms with Crippen LogP contribution >= 0.6 is 11.3 Å². The first-order valence-corrected chi connectivity index (χ1v) is 7.27. The van der Waals surface area contributed by atoms with Gasteiger partial charge < -0.3 is 10.0 Å². The summed E-state index contributed by atoms with van der Waals surface area (Å²) in [6.07, 6.45) is 1.58. The van der Waals surface area contributed by atoms with E-state index in [1.165, 1.54) is 5.56 Å². The minimum absolute atomic E-state index is 0.100. The number of aromatic nitrogens is 3. The topological polar surface area (TPSA) is 62.1 Å². The maximum Gasteiger partial charge on any atom is 0.149 e. The summed E-state index contributed by atoms with van der Waals surface area (Å²) in [7, 11) is 1.92. The van der Waals surface area contributed by atoms with E-state index in [9.17, 15) is 0 Å². The van der Waals surface area contributed by atoms with Crippen LogP contribution in [0.4, 0.5) is 5.82 Å². The lowest BCUT2D eigenvalue weighted by Gasteiger charge is -2.16. The van der Waals surface area contributed by atoms with Crippen LogP contribution < -0.4 is 4.90 Å². The standard InChI is InChI=1S/C14H16N4OS/c1-8-6-9(2)17-14-10(8)11-12(20-14)13(16-7-15-11)18(3)4-5-19/h6-7,19H,4-5H2,1-3H3. The van der Waals surface area contributed by atoms with Gasteiger partial charge >= 0.3 is 0 Å². The van der Waals surface area contributed by atoms with Gasteiger partial charge in [-0.2, -0.15) is 0 Å². The van der Waals surface area contributed by atoms with Crippen LogP contribution in [0.2, 0.25) is 0 Å². The van der Waals surface area contributed by atoms with Gasteiger partial charge in [-0.05, 0) is 25.5 Å². The Balaban J connectivity index is 2.33. The van der Waals surface area contributed by atoms with Crippen LogP contribution in [-0.2, 0) is 0 Å². The first-order chi connectivity index (χ1) is 9.61. The number of aryl methyl sites for hydroxylation is 2. The number of likely N-dealkylation sites (N-methyl/N-ethyl adjacent to an activating group) is 1. The summed E-state index contributed by atoms with van der Waals surface area (Å²) in [4.78, 5) is 16.3. The third-order valence-corrected chi connectivity index (χ3v) is 4.40. The van der Waals surface area contributed by atoms with Gasteiger partial charge in [0.2, 0.25) is 0 Å². The number of hydrogen-bond donors (Lipinski definition) is 1. The molecule has 0 bridgehead atoms. The molecule has 20 heavy (non-hydrogen) atoms. The first-order valence-electron chi connectivity index (χ1n) is 6.45. The van der Waals surface area contributed by atoms with Crippen LogP contribution in [0, 0.1) is 13.8 Å². The van der Waals surface area contributed by atoms with Crippen molar-refractivity contribution in [3.05, 3.63) is 23.7 Å². The van der Waals surface area contributed by atoms with E-state index in [1.54, 1.807) is 17.7 Å². The number of thiophene rings is 1. The maximum atomic E-state index is 9.10. The highest BCUT2D eigenvalue weighted by Gasteiger charge is 2.16. The summed E-state index contributed by atoms with van der Waals surface area (Å²) < 4.78 is 1.03. The molecule has 0 atom stereocenters. The van der Waals surface area contributed by atoms with Crippen molar-refractivity contribution in [2.45, 2.75) is 13.8 Å². The summed E-state index contributed by atoms with van der Waals surface area (Å²) >= 11 is 1.61. The minimum atomic E-state index is 0.100. The van der Waals surface area contributed by atoms with Crippen molar-refractivity contribution in [3.8, 4) is 0 Å². The fraction of sp³-hybridized carbons (Fsp3) is 0.357. The molecule has 3 rings (SSSR count). The summed E-state index contributed by atoms with van der Waals surface area (Å²) in [6, 6.07) is 2.08. The molecule has 0 aromatic carbocycles. The zero-order valence-electron chi connectivity index (χ0n) is 11.7. The molecule has 3 aromatic heterocycles. The molecule has 0 amide bonds. The molecule has 3 heterocycles. The number of aliphatic hydroxyl groups excluding tert-OH is 1. The van der Waals surface area contributed by atoms with Gasteiger partial charge in [0.15, 0.2) is 0 Å². The Morgan fingerprint density at radius 1 is 1.30 bits per heavy atom. The zero-order chi connectivity index (χ0) is 14.3. The van der Waals surface area contributed by atoms with E-state index in [4.69, 9.17) is 5.11 Å². The van der Waals surface area contributed by atoms with E-state index in [-0.39, 0.29) is 6.61 Å². The summed E-state index contributed by atoms with van der Waals surface area (Å²) in [5.74, 6) is 0.851. The summed E-state index contributed by atoms with van der Waals surface area (Å²) in [5, 5.41) is 10.2. The van der Waals surface area contributed by atoms with Gasteiger partial charge in [-0.25, -0.2) is 15.0 Å². The van der Waals surface area contributed by atoms with Gasteiger partial charge in [0.05, 0.1) is 16.8 Å². The fourth-order valence-corrected chi connectivity index (χ4v) is 3.72. The smallest absolute Gasteiger partial charge is 0.149 e. The Labute approximate surface area is 120 Å². The average Bonchev–Trinajstić information content (AvgIpc) is 2.76. The average molecular weight is 288 g/mol. The molecule has 5 nitrogen and oxygen atoms in total. The predicted octanol–water partition coefficient (Wildman–Crippen LogP) is 2.28. The molecular weight excluding hydrogens is 272 g/mol. The zero-order valence-corrected chi connectivity index (χ0v) is 12.5. The van der Waals surface area contributed by atoms with Crippen molar-refractivity contribution in [1.82, 2.24) is 15.0 Å². The Bertz CT molecular complexity index is 784. The molecule has 104 valence electrons. The van der Waals surface area contributed by atoms with Crippen LogP contribution in [0.15, 0.2) is 12.4 Å². The van der Waals surface area contributed by atoms with Crippen LogP contribution in [0.3, 0.4) is 0 Å². The number of aliphatic hydroxyl groups is 1. The normalized spacial score (nSPS) is 11.4. The van der Waals surface area contributed by atoms with Crippen molar-refractivity contribution in [3.63, 3.8) is 0 Å². The highest BCUT2D eigenvalue weighted by molar-refractivity contribution is 7.26. The predicted molar refractivity (Wildman–Crippen MR) is 82.5 cm³/mol. The molecule has 6 heteroatoms. The maximum absolute atomic E-state index is 9.10. The molecule has 3 aromatic rings. The quantitative estimate of drug-likeness (QED) is 0.801. The second kappa shape index (κ2) is 4.96. The van der Waals surface area contributed by atoms with Crippen molar-refractivity contribution >= 4 is 37.6 Å². The second-order valence-electron chi connectivity index (χ2n) is 4.88. The van der Waals surface area contributed by atoms with Gasteiger partial charge in [0, 0.05) is 24.7 Å². The van der Waals surface area contributed by atoms with Gasteiger partial charge in [-0.3, -0.25) is 0 Å². The molecule has 0 saturated carbocycles. The molecule has 0 radical (unpaired) electrons. The van der Waals surface area contributed by atoms with Crippen molar-refractivity contribution < 1.29 is 5.11 Å². The molecule has 0 aliphatic carbocycles. The fourth-order valence-electron chi connectivity index (χ4n) is 2.43. The molecule has 0 saturated heterocycles. The summed E-state index contributed by atoms with van der Waals surface area (Å²) in [5.41, 5.74) is 3.15. The van der Waals surface area contributed by atoms with Crippen molar-refractivity contribution in [1.29, 1.82) is 0 Å². The van der Waals surface area contributed by atoms with Crippen LogP contribution in [-0.4, -0.2) is 40.3 Å². The number of anilines is 1.